The van der Waals surface area contributed by atoms with Gasteiger partial charge in [-0.1, -0.05) is 19.1 Å². The highest BCUT2D eigenvalue weighted by Gasteiger charge is 1.79. The summed E-state index contributed by atoms with van der Waals surface area (Å²) >= 11 is 4.76. The second kappa shape index (κ2) is 3.29. The first-order valence-electron chi connectivity index (χ1n) is 2.04. The maximum atomic E-state index is 4.76. The molecule has 6 heavy (non-hydrogen) atoms. The van der Waals surface area contributed by atoms with Crippen molar-refractivity contribution in [1.82, 2.24) is 0 Å². The van der Waals surface area contributed by atoms with Crippen molar-refractivity contribution in [3.8, 4) is 0 Å². The van der Waals surface area contributed by atoms with Crippen molar-refractivity contribution in [3.05, 3.63) is 6.42 Å². The summed E-state index contributed by atoms with van der Waals surface area (Å²) < 4.78 is 0. The first-order chi connectivity index (χ1) is 2.77. The number of hydrogen-bond acceptors (Lipinski definition) is 1. The molecule has 0 aliphatic rings. The van der Waals surface area contributed by atoms with Crippen LogP contribution in [-0.4, -0.2) is 4.86 Å². The van der Waals surface area contributed by atoms with Crippen molar-refractivity contribution in [2.75, 3.05) is 0 Å². The van der Waals surface area contributed by atoms with E-state index in [1.165, 1.54) is 0 Å². The van der Waals surface area contributed by atoms with Gasteiger partial charge in [0.15, 0.2) is 0 Å². The van der Waals surface area contributed by atoms with Gasteiger partial charge in [0.05, 0.1) is 0 Å². The van der Waals surface area contributed by atoms with Gasteiger partial charge in [-0.2, -0.15) is 0 Å². The van der Waals surface area contributed by atoms with Crippen LogP contribution in [-0.2, 0) is 0 Å². The molecule has 1 radical (unpaired) electrons. The quantitative estimate of drug-likeness (QED) is 0.479. The van der Waals surface area contributed by atoms with Crippen LogP contribution in [0, 0.1) is 6.42 Å². The second-order valence-corrected chi connectivity index (χ2v) is 2.01. The molecule has 0 aromatic carbocycles. The van der Waals surface area contributed by atoms with Crippen LogP contribution in [0.3, 0.4) is 0 Å². The maximum absolute atomic E-state index is 4.76. The minimum atomic E-state index is 0.981. The van der Waals surface area contributed by atoms with Crippen LogP contribution < -0.4 is 0 Å². The zero-order valence-corrected chi connectivity index (χ0v) is 5.01. The Kier molecular flexibility index (Phi) is 3.34. The Morgan fingerprint density at radius 1 is 1.83 bits per heavy atom. The Labute approximate surface area is 44.6 Å². The summed E-state index contributed by atoms with van der Waals surface area (Å²) in [5, 5.41) is 0. The molecule has 0 heterocycles. The SMILES string of the molecule is C[CH]CC(C)=S. The van der Waals surface area contributed by atoms with Crippen LogP contribution in [0.15, 0.2) is 0 Å². The molecule has 0 spiro atoms. The Morgan fingerprint density at radius 3 is 2.33 bits per heavy atom. The van der Waals surface area contributed by atoms with Crippen molar-refractivity contribution in [3.63, 3.8) is 0 Å². The fourth-order valence-electron chi connectivity index (χ4n) is 0.287. The van der Waals surface area contributed by atoms with Gasteiger partial charge in [-0.05, 0) is 24.6 Å². The summed E-state index contributed by atoms with van der Waals surface area (Å²) in [6.45, 7) is 3.96. The Balaban J connectivity index is 2.83. The Morgan fingerprint density at radius 2 is 2.33 bits per heavy atom. The average molecular weight is 101 g/mol. The van der Waals surface area contributed by atoms with E-state index in [0.29, 0.717) is 0 Å². The van der Waals surface area contributed by atoms with E-state index in [4.69, 9.17) is 12.2 Å². The zero-order chi connectivity index (χ0) is 4.99. The molecular weight excluding hydrogens is 92.1 g/mol. The van der Waals surface area contributed by atoms with Crippen LogP contribution in [0.4, 0.5) is 0 Å². The minimum absolute atomic E-state index is 0.981. The fourth-order valence-corrected chi connectivity index (χ4v) is 0.454. The second-order valence-electron chi connectivity index (χ2n) is 1.31. The van der Waals surface area contributed by atoms with Crippen molar-refractivity contribution in [2.24, 2.45) is 0 Å². The van der Waals surface area contributed by atoms with Gasteiger partial charge in [0.1, 0.15) is 0 Å². The van der Waals surface area contributed by atoms with E-state index in [0.717, 1.165) is 11.3 Å². The molecule has 1 heteroatoms. The van der Waals surface area contributed by atoms with Gasteiger partial charge in [-0.25, -0.2) is 0 Å². The zero-order valence-electron chi connectivity index (χ0n) is 4.19. The molecule has 0 saturated carbocycles. The van der Waals surface area contributed by atoms with Gasteiger partial charge in [-0.3, -0.25) is 0 Å². The number of rotatable bonds is 2. The van der Waals surface area contributed by atoms with Gasteiger partial charge in [0, 0.05) is 0 Å². The lowest BCUT2D eigenvalue weighted by atomic mass is 10.3. The number of hydrogen-bond donors (Lipinski definition) is 0. The highest BCUT2D eigenvalue weighted by atomic mass is 32.1. The molecule has 0 N–H and O–H groups in total. The molecule has 35 valence electrons. The average Bonchev–Trinajstić information content (AvgIpc) is 1.35. The summed E-state index contributed by atoms with van der Waals surface area (Å²) in [7, 11) is 0. The first-order valence-corrected chi connectivity index (χ1v) is 2.45. The fraction of sp³-hybridized carbons (Fsp3) is 0.600. The monoisotopic (exact) mass is 101 g/mol. The third-order valence-electron chi connectivity index (χ3n) is 0.492. The van der Waals surface area contributed by atoms with Gasteiger partial charge < -0.3 is 0 Å². The molecule has 0 amide bonds. The van der Waals surface area contributed by atoms with E-state index in [2.05, 4.69) is 6.42 Å². The summed E-state index contributed by atoms with van der Waals surface area (Å²) in [5.41, 5.74) is 0. The third-order valence-corrected chi connectivity index (χ3v) is 0.658. The lowest BCUT2D eigenvalue weighted by Gasteiger charge is -1.84. The minimum Gasteiger partial charge on any atom is -0.0900 e. The van der Waals surface area contributed by atoms with Gasteiger partial charge >= 0.3 is 0 Å². The van der Waals surface area contributed by atoms with Crippen molar-refractivity contribution in [1.29, 1.82) is 0 Å². The molecular formula is C5H9S. The lowest BCUT2D eigenvalue weighted by molar-refractivity contribution is 1.28. The van der Waals surface area contributed by atoms with Crippen LogP contribution in [0.1, 0.15) is 20.3 Å². The molecule has 0 aromatic rings. The van der Waals surface area contributed by atoms with Crippen LogP contribution in [0.25, 0.3) is 0 Å². The maximum Gasteiger partial charge on any atom is -0.00997 e. The van der Waals surface area contributed by atoms with Crippen LogP contribution >= 0.6 is 12.2 Å². The molecule has 0 atom stereocenters. The van der Waals surface area contributed by atoms with Crippen molar-refractivity contribution in [2.45, 2.75) is 20.3 Å². The molecule has 0 unspecified atom stereocenters. The van der Waals surface area contributed by atoms with Crippen LogP contribution in [0.2, 0.25) is 0 Å². The standard InChI is InChI=1S/C5H9S/c1-3-4-5(2)6/h3H,4H2,1-2H3. The summed E-state index contributed by atoms with van der Waals surface area (Å²) in [6, 6.07) is 0. The van der Waals surface area contributed by atoms with E-state index in [9.17, 15) is 0 Å². The van der Waals surface area contributed by atoms with E-state index in [1.807, 2.05) is 13.8 Å². The third kappa shape index (κ3) is 4.09. The largest absolute Gasteiger partial charge is 0.0900 e. The predicted molar refractivity (Wildman–Crippen MR) is 32.9 cm³/mol. The van der Waals surface area contributed by atoms with Crippen molar-refractivity contribution >= 4 is 17.1 Å². The normalized spacial score (nSPS) is 8.33. The van der Waals surface area contributed by atoms with Gasteiger partial charge in [0.25, 0.3) is 0 Å². The molecule has 0 rings (SSSR count). The first kappa shape index (κ1) is 6.09. The molecule has 0 saturated heterocycles. The van der Waals surface area contributed by atoms with Gasteiger partial charge in [0.2, 0.25) is 0 Å². The Hall–Kier alpha value is 0.0900. The molecule has 0 aliphatic carbocycles. The molecule has 0 bridgehead atoms. The van der Waals surface area contributed by atoms with Gasteiger partial charge in [-0.15, -0.1) is 0 Å². The summed E-state index contributed by atoms with van der Waals surface area (Å²) in [6.07, 6.45) is 3.04. The lowest BCUT2D eigenvalue weighted by Crippen LogP contribution is -1.81. The number of thiocarbonyl (C=S) groups is 1. The summed E-state index contributed by atoms with van der Waals surface area (Å²) in [4.78, 5) is 1.07. The van der Waals surface area contributed by atoms with E-state index >= 15 is 0 Å². The van der Waals surface area contributed by atoms with E-state index in [1.54, 1.807) is 0 Å². The molecule has 0 fully saturated rings. The summed E-state index contributed by atoms with van der Waals surface area (Å²) in [5.74, 6) is 0. The van der Waals surface area contributed by atoms with Crippen LogP contribution in [0.5, 0.6) is 0 Å². The smallest absolute Gasteiger partial charge is 0.00997 e. The molecule has 0 aliphatic heterocycles. The highest BCUT2D eigenvalue weighted by molar-refractivity contribution is 7.80. The molecule has 0 nitrogen and oxygen atoms in total. The van der Waals surface area contributed by atoms with Crippen molar-refractivity contribution < 1.29 is 0 Å². The highest BCUT2D eigenvalue weighted by Crippen LogP contribution is 1.86. The molecule has 0 aromatic heterocycles. The Bertz CT molecular complexity index is 47.9. The van der Waals surface area contributed by atoms with E-state index < -0.39 is 0 Å². The van der Waals surface area contributed by atoms with E-state index in [-0.39, 0.29) is 0 Å². The predicted octanol–water partition coefficient (Wildman–Crippen LogP) is 1.99. The topological polar surface area (TPSA) is 0 Å².